The molecule has 2 unspecified atom stereocenters. The summed E-state index contributed by atoms with van der Waals surface area (Å²) in [7, 11) is 0. The number of rotatable bonds is 4. The van der Waals surface area contributed by atoms with E-state index in [-0.39, 0.29) is 5.92 Å². The van der Waals surface area contributed by atoms with Crippen molar-refractivity contribution >= 4 is 5.82 Å². The second kappa shape index (κ2) is 5.35. The molecule has 2 atom stereocenters. The van der Waals surface area contributed by atoms with Crippen LogP contribution in [-0.2, 0) is 0 Å². The normalized spacial score (nSPS) is 15.1. The van der Waals surface area contributed by atoms with Crippen molar-refractivity contribution < 1.29 is 0 Å². The Bertz CT molecular complexity index is 355. The highest BCUT2D eigenvalue weighted by atomic mass is 14.8. The van der Waals surface area contributed by atoms with Gasteiger partial charge >= 0.3 is 0 Å². The first-order valence-electron chi connectivity index (χ1n) is 5.16. The molecule has 0 aliphatic rings. The molecule has 0 aromatic carbocycles. The van der Waals surface area contributed by atoms with E-state index in [0.717, 1.165) is 5.56 Å². The topological polar surface area (TPSA) is 38.9 Å². The van der Waals surface area contributed by atoms with E-state index in [2.05, 4.69) is 24.6 Å². The number of pyridine rings is 1. The van der Waals surface area contributed by atoms with Crippen LogP contribution >= 0.6 is 0 Å². The summed E-state index contributed by atoms with van der Waals surface area (Å²) >= 11 is 0. The molecule has 1 rings (SSSR count). The highest BCUT2D eigenvalue weighted by molar-refractivity contribution is 5.43. The van der Waals surface area contributed by atoms with Crippen molar-refractivity contribution in [1.82, 2.24) is 4.98 Å². The molecule has 1 heterocycles. The van der Waals surface area contributed by atoms with E-state index in [1.165, 1.54) is 0 Å². The van der Waals surface area contributed by atoms with Crippen LogP contribution in [-0.4, -0.2) is 4.98 Å². The molecule has 1 aromatic heterocycles. The number of aromatic nitrogens is 1. The van der Waals surface area contributed by atoms with Crippen molar-refractivity contribution in [1.29, 1.82) is 0 Å². The van der Waals surface area contributed by atoms with Crippen molar-refractivity contribution in [2.45, 2.75) is 19.8 Å². The van der Waals surface area contributed by atoms with Crippen LogP contribution in [0.2, 0.25) is 0 Å². The van der Waals surface area contributed by atoms with Gasteiger partial charge in [0.2, 0.25) is 0 Å². The number of anilines is 1. The Kier molecular flexibility index (Phi) is 4.10. The predicted molar refractivity (Wildman–Crippen MR) is 65.6 cm³/mol. The van der Waals surface area contributed by atoms with Gasteiger partial charge < -0.3 is 5.73 Å². The van der Waals surface area contributed by atoms with Crippen LogP contribution in [0.1, 0.15) is 25.3 Å². The molecule has 0 radical (unpaired) electrons. The maximum absolute atomic E-state index is 5.86. The van der Waals surface area contributed by atoms with Gasteiger partial charge in [-0.15, -0.1) is 6.58 Å². The van der Waals surface area contributed by atoms with E-state index in [0.29, 0.717) is 11.7 Å². The Morgan fingerprint density at radius 2 is 2.27 bits per heavy atom. The van der Waals surface area contributed by atoms with E-state index in [4.69, 9.17) is 5.73 Å². The Morgan fingerprint density at radius 1 is 1.53 bits per heavy atom. The van der Waals surface area contributed by atoms with E-state index in [1.54, 1.807) is 6.20 Å². The van der Waals surface area contributed by atoms with E-state index >= 15 is 0 Å². The Morgan fingerprint density at radius 3 is 2.80 bits per heavy atom. The summed E-state index contributed by atoms with van der Waals surface area (Å²) in [6.45, 7) is 7.96. The molecule has 0 amide bonds. The Hall–Kier alpha value is -1.57. The minimum absolute atomic E-state index is 0.265. The molecule has 0 spiro atoms. The van der Waals surface area contributed by atoms with Gasteiger partial charge in [0.15, 0.2) is 0 Å². The largest absolute Gasteiger partial charge is 0.383 e. The fourth-order valence-electron chi connectivity index (χ4n) is 1.63. The molecule has 15 heavy (non-hydrogen) atoms. The molecule has 2 heteroatoms. The highest BCUT2D eigenvalue weighted by Crippen LogP contribution is 2.29. The lowest BCUT2D eigenvalue weighted by Crippen LogP contribution is -2.08. The van der Waals surface area contributed by atoms with Crippen molar-refractivity contribution in [2.75, 3.05) is 5.73 Å². The first-order valence-corrected chi connectivity index (χ1v) is 5.16. The van der Waals surface area contributed by atoms with Crippen molar-refractivity contribution in [3.8, 4) is 0 Å². The zero-order valence-corrected chi connectivity index (χ0v) is 9.35. The van der Waals surface area contributed by atoms with Gasteiger partial charge in [-0.05, 0) is 18.9 Å². The predicted octanol–water partition coefficient (Wildman–Crippen LogP) is 3.15. The monoisotopic (exact) mass is 202 g/mol. The zero-order chi connectivity index (χ0) is 11.3. The van der Waals surface area contributed by atoms with Gasteiger partial charge in [-0.2, -0.15) is 0 Å². The summed E-state index contributed by atoms with van der Waals surface area (Å²) < 4.78 is 0. The van der Waals surface area contributed by atoms with Crippen molar-refractivity contribution in [2.24, 2.45) is 5.92 Å². The third-order valence-corrected chi connectivity index (χ3v) is 2.57. The third kappa shape index (κ3) is 2.69. The molecule has 80 valence electrons. The van der Waals surface area contributed by atoms with Crippen LogP contribution in [0.3, 0.4) is 0 Å². The molecule has 1 aromatic rings. The maximum atomic E-state index is 5.86. The summed E-state index contributed by atoms with van der Waals surface area (Å²) in [6.07, 6.45) is 7.83. The Balaban J connectivity index is 3.09. The second-order valence-electron chi connectivity index (χ2n) is 3.62. The molecule has 2 N–H and O–H groups in total. The first-order chi connectivity index (χ1) is 7.20. The summed E-state index contributed by atoms with van der Waals surface area (Å²) in [5.74, 6) is 1.23. The lowest BCUT2D eigenvalue weighted by molar-refractivity contribution is 0.642. The quantitative estimate of drug-likeness (QED) is 0.762. The van der Waals surface area contributed by atoms with Crippen LogP contribution in [0.25, 0.3) is 0 Å². The fraction of sp³-hybridized carbons (Fsp3) is 0.308. The first kappa shape index (κ1) is 11.5. The minimum atomic E-state index is 0.265. The summed E-state index contributed by atoms with van der Waals surface area (Å²) in [5.41, 5.74) is 6.94. The minimum Gasteiger partial charge on any atom is -0.383 e. The van der Waals surface area contributed by atoms with Gasteiger partial charge in [0, 0.05) is 17.7 Å². The molecule has 0 saturated carbocycles. The molecule has 0 aliphatic carbocycles. The van der Waals surface area contributed by atoms with Gasteiger partial charge in [-0.25, -0.2) is 4.98 Å². The van der Waals surface area contributed by atoms with Crippen LogP contribution in [0.15, 0.2) is 43.1 Å². The summed E-state index contributed by atoms with van der Waals surface area (Å²) in [6, 6.07) is 3.94. The second-order valence-corrected chi connectivity index (χ2v) is 3.62. The molecule has 0 fully saturated rings. The molecular formula is C13H18N2. The molecule has 0 bridgehead atoms. The lowest BCUT2D eigenvalue weighted by Gasteiger charge is -2.19. The average Bonchev–Trinajstić information content (AvgIpc) is 2.26. The van der Waals surface area contributed by atoms with E-state index in [9.17, 15) is 0 Å². The molecule has 2 nitrogen and oxygen atoms in total. The molecule has 0 saturated heterocycles. The number of nitrogens with zero attached hydrogens (tertiary/aromatic N) is 1. The van der Waals surface area contributed by atoms with Crippen molar-refractivity contribution in [3.05, 3.63) is 48.7 Å². The SMILES string of the molecule is C=CC(C)C(/C=C\C)c1cccnc1N. The highest BCUT2D eigenvalue weighted by Gasteiger charge is 2.16. The van der Waals surface area contributed by atoms with E-state index in [1.807, 2.05) is 31.2 Å². The van der Waals surface area contributed by atoms with Gasteiger partial charge in [-0.1, -0.05) is 31.2 Å². The van der Waals surface area contributed by atoms with Gasteiger partial charge in [0.05, 0.1) is 0 Å². The van der Waals surface area contributed by atoms with Crippen LogP contribution < -0.4 is 5.73 Å². The maximum Gasteiger partial charge on any atom is 0.127 e. The number of nitrogen functional groups attached to an aromatic ring is 1. The van der Waals surface area contributed by atoms with Crippen molar-refractivity contribution in [3.63, 3.8) is 0 Å². The number of nitrogens with two attached hydrogens (primary N) is 1. The van der Waals surface area contributed by atoms with Crippen LogP contribution in [0, 0.1) is 5.92 Å². The fourth-order valence-corrected chi connectivity index (χ4v) is 1.63. The summed E-state index contributed by atoms with van der Waals surface area (Å²) in [5, 5.41) is 0. The number of hydrogen-bond acceptors (Lipinski definition) is 2. The Labute approximate surface area is 91.5 Å². The van der Waals surface area contributed by atoms with Gasteiger partial charge in [-0.3, -0.25) is 0 Å². The average molecular weight is 202 g/mol. The van der Waals surface area contributed by atoms with Gasteiger partial charge in [0.1, 0.15) is 5.82 Å². The lowest BCUT2D eigenvalue weighted by atomic mass is 9.87. The molecular weight excluding hydrogens is 184 g/mol. The summed E-state index contributed by atoms with van der Waals surface area (Å²) in [4.78, 5) is 4.11. The van der Waals surface area contributed by atoms with Crippen LogP contribution in [0.5, 0.6) is 0 Å². The standard InChI is InChI=1S/C13H18N2/c1-4-7-11(10(3)5-2)12-8-6-9-15-13(12)14/h4-11H,2H2,1,3H3,(H2,14,15)/b7-4-. The molecule has 0 aliphatic heterocycles. The zero-order valence-electron chi connectivity index (χ0n) is 9.35. The van der Waals surface area contributed by atoms with Crippen LogP contribution in [0.4, 0.5) is 5.82 Å². The smallest absolute Gasteiger partial charge is 0.127 e. The third-order valence-electron chi connectivity index (χ3n) is 2.57. The number of allylic oxidation sites excluding steroid dienone is 3. The van der Waals surface area contributed by atoms with E-state index < -0.39 is 0 Å². The number of hydrogen-bond donors (Lipinski definition) is 1. The van der Waals surface area contributed by atoms with Gasteiger partial charge in [0.25, 0.3) is 0 Å².